The maximum Gasteiger partial charge on any atom is 0.246 e. The van der Waals surface area contributed by atoms with E-state index in [1.165, 1.54) is 0 Å². The minimum Gasteiger partial charge on any atom is -0.352 e. The van der Waals surface area contributed by atoms with E-state index in [2.05, 4.69) is 10.4 Å². The molecule has 28 heavy (non-hydrogen) atoms. The van der Waals surface area contributed by atoms with Crippen molar-refractivity contribution >= 4 is 15.9 Å². The fraction of sp³-hybridized carbons (Fsp3) is 0.500. The van der Waals surface area contributed by atoms with E-state index in [9.17, 15) is 13.2 Å². The minimum absolute atomic E-state index is 0.0863. The highest BCUT2D eigenvalue weighted by atomic mass is 32.2. The average Bonchev–Trinajstić information content (AvgIpc) is 3.00. The first kappa shape index (κ1) is 20.5. The Morgan fingerprint density at radius 1 is 1.11 bits per heavy atom. The maximum atomic E-state index is 13.0. The first-order valence-corrected chi connectivity index (χ1v) is 11.2. The molecule has 2 aromatic rings. The van der Waals surface area contributed by atoms with Crippen LogP contribution in [0.15, 0.2) is 35.2 Å². The number of nitrogens with one attached hydrogen (secondary N) is 1. The molecule has 8 heteroatoms. The molecule has 2 heterocycles. The monoisotopic (exact) mass is 404 g/mol. The van der Waals surface area contributed by atoms with Crippen LogP contribution in [0, 0.1) is 13.8 Å². The molecule has 0 atom stereocenters. The van der Waals surface area contributed by atoms with Gasteiger partial charge < -0.3 is 5.32 Å². The van der Waals surface area contributed by atoms with Crippen LogP contribution in [-0.2, 0) is 27.9 Å². The second-order valence-corrected chi connectivity index (χ2v) is 9.07. The lowest BCUT2D eigenvalue weighted by molar-refractivity contribution is -0.121. The summed E-state index contributed by atoms with van der Waals surface area (Å²) in [6, 6.07) is 9.71. The summed E-state index contributed by atoms with van der Waals surface area (Å²) in [5.74, 6) is -0.0863. The van der Waals surface area contributed by atoms with Crippen molar-refractivity contribution in [2.75, 3.05) is 13.1 Å². The SMILES string of the molecule is Cc1nn(CCC(=O)NCc2ccccc2)c(C)c1S(=O)(=O)N1CCCCC1. The van der Waals surface area contributed by atoms with Gasteiger partial charge in [-0.15, -0.1) is 0 Å². The molecule has 3 rings (SSSR count). The number of amides is 1. The molecule has 1 aliphatic rings. The van der Waals surface area contributed by atoms with Gasteiger partial charge in [0.1, 0.15) is 4.90 Å². The maximum absolute atomic E-state index is 13.0. The molecule has 1 saturated heterocycles. The van der Waals surface area contributed by atoms with Crippen molar-refractivity contribution in [2.45, 2.75) is 57.5 Å². The largest absolute Gasteiger partial charge is 0.352 e. The zero-order valence-electron chi connectivity index (χ0n) is 16.5. The van der Waals surface area contributed by atoms with Gasteiger partial charge in [0.15, 0.2) is 0 Å². The lowest BCUT2D eigenvalue weighted by atomic mass is 10.2. The molecule has 1 aromatic carbocycles. The fourth-order valence-electron chi connectivity index (χ4n) is 3.60. The third kappa shape index (κ3) is 4.62. The third-order valence-electron chi connectivity index (χ3n) is 5.11. The number of hydrogen-bond acceptors (Lipinski definition) is 4. The summed E-state index contributed by atoms with van der Waals surface area (Å²) in [5, 5.41) is 7.28. The molecule has 7 nitrogen and oxygen atoms in total. The van der Waals surface area contributed by atoms with Crippen molar-refractivity contribution in [1.29, 1.82) is 0 Å². The Kier molecular flexibility index (Phi) is 6.51. The number of nitrogens with zero attached hydrogens (tertiary/aromatic N) is 3. The Morgan fingerprint density at radius 3 is 2.46 bits per heavy atom. The van der Waals surface area contributed by atoms with Crippen LogP contribution in [0.3, 0.4) is 0 Å². The van der Waals surface area contributed by atoms with E-state index < -0.39 is 10.0 Å². The number of rotatable bonds is 7. The van der Waals surface area contributed by atoms with E-state index in [0.717, 1.165) is 24.8 Å². The summed E-state index contributed by atoms with van der Waals surface area (Å²) in [6.45, 7) is 5.44. The second-order valence-electron chi connectivity index (χ2n) is 7.20. The normalized spacial score (nSPS) is 15.5. The van der Waals surface area contributed by atoms with E-state index in [1.54, 1.807) is 22.8 Å². The summed E-state index contributed by atoms with van der Waals surface area (Å²) in [7, 11) is -3.54. The third-order valence-corrected chi connectivity index (χ3v) is 7.26. The van der Waals surface area contributed by atoms with Crippen molar-refractivity contribution in [3.8, 4) is 0 Å². The quantitative estimate of drug-likeness (QED) is 0.768. The van der Waals surface area contributed by atoms with E-state index in [0.29, 0.717) is 42.5 Å². The Morgan fingerprint density at radius 2 is 1.79 bits per heavy atom. The van der Waals surface area contributed by atoms with E-state index in [1.807, 2.05) is 30.3 Å². The van der Waals surface area contributed by atoms with Crippen molar-refractivity contribution in [3.63, 3.8) is 0 Å². The molecular formula is C20H28N4O3S. The van der Waals surface area contributed by atoms with E-state index >= 15 is 0 Å². The van der Waals surface area contributed by atoms with Gasteiger partial charge in [-0.2, -0.15) is 9.40 Å². The summed E-state index contributed by atoms with van der Waals surface area (Å²) in [4.78, 5) is 12.4. The van der Waals surface area contributed by atoms with E-state index in [-0.39, 0.29) is 12.3 Å². The van der Waals surface area contributed by atoms with Gasteiger partial charge in [0, 0.05) is 26.1 Å². The summed E-state index contributed by atoms with van der Waals surface area (Å²) < 4.78 is 29.3. The predicted octanol–water partition coefficient (Wildman–Crippen LogP) is 2.38. The highest BCUT2D eigenvalue weighted by Gasteiger charge is 2.31. The van der Waals surface area contributed by atoms with Gasteiger partial charge in [-0.05, 0) is 32.3 Å². The van der Waals surface area contributed by atoms with Gasteiger partial charge in [0.05, 0.1) is 17.9 Å². The molecule has 0 unspecified atom stereocenters. The Balaban J connectivity index is 1.64. The van der Waals surface area contributed by atoms with Gasteiger partial charge >= 0.3 is 0 Å². The van der Waals surface area contributed by atoms with Crippen molar-refractivity contribution in [2.24, 2.45) is 0 Å². The highest BCUT2D eigenvalue weighted by molar-refractivity contribution is 7.89. The number of benzene rings is 1. The van der Waals surface area contributed by atoms with Crippen LogP contribution < -0.4 is 5.32 Å². The number of aryl methyl sites for hydroxylation is 2. The van der Waals surface area contributed by atoms with Gasteiger partial charge in [-0.25, -0.2) is 8.42 Å². The molecule has 1 fully saturated rings. The first-order chi connectivity index (χ1) is 13.4. The van der Waals surface area contributed by atoms with Gasteiger partial charge in [0.25, 0.3) is 0 Å². The number of aromatic nitrogens is 2. The van der Waals surface area contributed by atoms with Crippen LogP contribution in [0.25, 0.3) is 0 Å². The standard InChI is InChI=1S/C20H28N4O3S/c1-16-20(28(26,27)23-12-7-4-8-13-23)17(2)24(22-16)14-11-19(25)21-15-18-9-5-3-6-10-18/h3,5-6,9-10H,4,7-8,11-15H2,1-2H3,(H,21,25). The minimum atomic E-state index is -3.54. The molecule has 152 valence electrons. The van der Waals surface area contributed by atoms with Gasteiger partial charge in [-0.1, -0.05) is 36.8 Å². The van der Waals surface area contributed by atoms with Crippen molar-refractivity contribution < 1.29 is 13.2 Å². The van der Waals surface area contributed by atoms with Crippen LogP contribution in [0.2, 0.25) is 0 Å². The summed E-state index contributed by atoms with van der Waals surface area (Å²) in [6.07, 6.45) is 3.11. The van der Waals surface area contributed by atoms with E-state index in [4.69, 9.17) is 0 Å². The molecule has 0 spiro atoms. The van der Waals surface area contributed by atoms with Crippen LogP contribution in [0.4, 0.5) is 0 Å². The zero-order valence-corrected chi connectivity index (χ0v) is 17.3. The Labute approximate surface area is 166 Å². The zero-order chi connectivity index (χ0) is 20.1. The van der Waals surface area contributed by atoms with Gasteiger partial charge in [0.2, 0.25) is 15.9 Å². The van der Waals surface area contributed by atoms with Crippen molar-refractivity contribution in [1.82, 2.24) is 19.4 Å². The Bertz CT molecular complexity index is 916. The number of sulfonamides is 1. The molecule has 0 saturated carbocycles. The molecule has 1 aliphatic heterocycles. The topological polar surface area (TPSA) is 84.3 Å². The van der Waals surface area contributed by atoms with Crippen LogP contribution in [0.5, 0.6) is 0 Å². The van der Waals surface area contributed by atoms with Gasteiger partial charge in [-0.3, -0.25) is 9.48 Å². The fourth-order valence-corrected chi connectivity index (χ4v) is 5.49. The molecular weight excluding hydrogens is 376 g/mol. The molecule has 1 aromatic heterocycles. The van der Waals surface area contributed by atoms with Crippen LogP contribution in [0.1, 0.15) is 42.6 Å². The van der Waals surface area contributed by atoms with Crippen molar-refractivity contribution in [3.05, 3.63) is 47.3 Å². The number of carbonyl (C=O) groups is 1. The second kappa shape index (κ2) is 8.87. The molecule has 0 radical (unpaired) electrons. The predicted molar refractivity (Wildman–Crippen MR) is 107 cm³/mol. The number of carbonyl (C=O) groups excluding carboxylic acids is 1. The molecule has 1 amide bonds. The lowest BCUT2D eigenvalue weighted by Crippen LogP contribution is -2.36. The molecule has 1 N–H and O–H groups in total. The van der Waals surface area contributed by atoms with Crippen LogP contribution >= 0.6 is 0 Å². The number of piperidine rings is 1. The highest BCUT2D eigenvalue weighted by Crippen LogP contribution is 2.26. The Hall–Kier alpha value is -2.19. The smallest absolute Gasteiger partial charge is 0.246 e. The lowest BCUT2D eigenvalue weighted by Gasteiger charge is -2.26. The summed E-state index contributed by atoms with van der Waals surface area (Å²) >= 11 is 0. The molecule has 0 bridgehead atoms. The number of hydrogen-bond donors (Lipinski definition) is 1. The molecule has 0 aliphatic carbocycles. The summed E-state index contributed by atoms with van der Waals surface area (Å²) in [5.41, 5.74) is 2.13. The average molecular weight is 405 g/mol. The van der Waals surface area contributed by atoms with Crippen LogP contribution in [-0.4, -0.2) is 41.5 Å². The first-order valence-electron chi connectivity index (χ1n) is 9.74.